The zero-order valence-corrected chi connectivity index (χ0v) is 20.2. The van der Waals surface area contributed by atoms with E-state index in [-0.39, 0.29) is 24.0 Å². The number of sulfonamides is 1. The van der Waals surface area contributed by atoms with Crippen molar-refractivity contribution in [1.82, 2.24) is 14.5 Å². The maximum absolute atomic E-state index is 12.2. The summed E-state index contributed by atoms with van der Waals surface area (Å²) in [4.78, 5) is 7.29. The van der Waals surface area contributed by atoms with Gasteiger partial charge in [-0.15, -0.1) is 35.3 Å². The van der Waals surface area contributed by atoms with Crippen molar-refractivity contribution in [3.63, 3.8) is 0 Å². The second-order valence-electron chi connectivity index (χ2n) is 6.25. The maximum Gasteiger partial charge on any atom is 0.252 e. The van der Waals surface area contributed by atoms with Gasteiger partial charge in [0.1, 0.15) is 4.21 Å². The SMILES string of the molecule is CN=C(NCc1ccc(S(=O)(=O)N(C)C)s1)N(C)Cc1ccc(C)cc1.I. The van der Waals surface area contributed by atoms with Gasteiger partial charge < -0.3 is 10.2 Å². The molecule has 0 fully saturated rings. The van der Waals surface area contributed by atoms with Crippen LogP contribution in [0.4, 0.5) is 0 Å². The summed E-state index contributed by atoms with van der Waals surface area (Å²) in [6.45, 7) is 3.34. The van der Waals surface area contributed by atoms with Crippen molar-refractivity contribution in [2.24, 2.45) is 4.99 Å². The molecule has 0 aliphatic heterocycles. The van der Waals surface area contributed by atoms with Crippen LogP contribution in [0.15, 0.2) is 45.6 Å². The molecule has 6 nitrogen and oxygen atoms in total. The van der Waals surface area contributed by atoms with E-state index in [4.69, 9.17) is 0 Å². The van der Waals surface area contributed by atoms with E-state index in [1.807, 2.05) is 18.0 Å². The second-order valence-corrected chi connectivity index (χ2v) is 9.80. The third kappa shape index (κ3) is 6.44. The smallest absolute Gasteiger partial charge is 0.252 e. The highest BCUT2D eigenvalue weighted by molar-refractivity contribution is 14.0. The van der Waals surface area contributed by atoms with E-state index in [2.05, 4.69) is 41.5 Å². The van der Waals surface area contributed by atoms with Gasteiger partial charge in [0.05, 0.1) is 6.54 Å². The van der Waals surface area contributed by atoms with Crippen LogP contribution in [0.25, 0.3) is 0 Å². The molecule has 2 aromatic rings. The van der Waals surface area contributed by atoms with Gasteiger partial charge in [0.15, 0.2) is 5.96 Å². The molecule has 0 unspecified atom stereocenters. The van der Waals surface area contributed by atoms with Crippen LogP contribution in [0.3, 0.4) is 0 Å². The van der Waals surface area contributed by atoms with Crippen LogP contribution in [0.2, 0.25) is 0 Å². The average molecular weight is 522 g/mol. The number of rotatable bonds is 6. The number of nitrogens with one attached hydrogen (secondary N) is 1. The van der Waals surface area contributed by atoms with Crippen molar-refractivity contribution in [1.29, 1.82) is 0 Å². The molecular weight excluding hydrogens is 495 g/mol. The molecule has 0 amide bonds. The van der Waals surface area contributed by atoms with Gasteiger partial charge in [-0.2, -0.15) is 0 Å². The molecule has 1 N–H and O–H groups in total. The molecular formula is C18H27IN4O2S2. The fraction of sp³-hybridized carbons (Fsp3) is 0.389. The highest BCUT2D eigenvalue weighted by Crippen LogP contribution is 2.23. The second kappa shape index (κ2) is 10.4. The van der Waals surface area contributed by atoms with Crippen LogP contribution in [0.1, 0.15) is 16.0 Å². The summed E-state index contributed by atoms with van der Waals surface area (Å²) in [5.74, 6) is 0.760. The molecule has 0 bridgehead atoms. The minimum atomic E-state index is -3.38. The first kappa shape index (κ1) is 23.9. The highest BCUT2D eigenvalue weighted by Gasteiger charge is 2.19. The van der Waals surface area contributed by atoms with Crippen molar-refractivity contribution in [3.05, 3.63) is 52.4 Å². The number of halogens is 1. The Morgan fingerprint density at radius 2 is 1.74 bits per heavy atom. The van der Waals surface area contributed by atoms with Crippen molar-refractivity contribution in [3.8, 4) is 0 Å². The van der Waals surface area contributed by atoms with Crippen LogP contribution < -0.4 is 5.32 Å². The van der Waals surface area contributed by atoms with Crippen molar-refractivity contribution < 1.29 is 8.42 Å². The molecule has 0 aliphatic rings. The lowest BCUT2D eigenvalue weighted by Crippen LogP contribution is -2.37. The number of guanidine groups is 1. The summed E-state index contributed by atoms with van der Waals surface area (Å²) in [5, 5.41) is 3.29. The number of benzene rings is 1. The molecule has 0 saturated heterocycles. The number of hydrogen-bond acceptors (Lipinski definition) is 4. The van der Waals surface area contributed by atoms with Crippen LogP contribution in [0.5, 0.6) is 0 Å². The number of thiophene rings is 1. The highest BCUT2D eigenvalue weighted by atomic mass is 127. The normalized spacial score (nSPS) is 12.0. The molecule has 1 aromatic carbocycles. The number of aliphatic imine (C=N–C) groups is 1. The standard InChI is InChI=1S/C18H26N4O2S2.HI/c1-14-6-8-15(9-7-14)13-22(5)18(19-2)20-12-16-10-11-17(25-16)26(23,24)21(3)4;/h6-11H,12-13H2,1-5H3,(H,19,20);1H. The van der Waals surface area contributed by atoms with Gasteiger partial charge in [0, 0.05) is 39.6 Å². The first-order chi connectivity index (χ1) is 12.2. The van der Waals surface area contributed by atoms with Gasteiger partial charge in [0.25, 0.3) is 10.0 Å². The average Bonchev–Trinajstić information content (AvgIpc) is 3.07. The van der Waals surface area contributed by atoms with Gasteiger partial charge in [-0.25, -0.2) is 12.7 Å². The maximum atomic E-state index is 12.2. The predicted molar refractivity (Wildman–Crippen MR) is 123 cm³/mol. The van der Waals surface area contributed by atoms with Gasteiger partial charge >= 0.3 is 0 Å². The Labute approximate surface area is 183 Å². The molecule has 0 atom stereocenters. The number of hydrogen-bond donors (Lipinski definition) is 1. The van der Waals surface area contributed by atoms with Crippen molar-refractivity contribution in [2.75, 3.05) is 28.2 Å². The van der Waals surface area contributed by atoms with E-state index in [1.54, 1.807) is 13.1 Å². The topological polar surface area (TPSA) is 65.0 Å². The molecule has 0 spiro atoms. The summed E-state index contributed by atoms with van der Waals surface area (Å²) >= 11 is 1.27. The zero-order chi connectivity index (χ0) is 19.3. The molecule has 0 aliphatic carbocycles. The Kier molecular flexibility index (Phi) is 9.19. The fourth-order valence-corrected chi connectivity index (χ4v) is 4.83. The van der Waals surface area contributed by atoms with Crippen LogP contribution >= 0.6 is 35.3 Å². The summed E-state index contributed by atoms with van der Waals surface area (Å²) in [6, 6.07) is 11.9. The summed E-state index contributed by atoms with van der Waals surface area (Å²) in [5.41, 5.74) is 2.44. The lowest BCUT2D eigenvalue weighted by atomic mass is 10.1. The molecule has 1 aromatic heterocycles. The quantitative estimate of drug-likeness (QED) is 0.360. The van der Waals surface area contributed by atoms with Crippen LogP contribution in [0, 0.1) is 6.92 Å². The molecule has 1 heterocycles. The molecule has 2 rings (SSSR count). The largest absolute Gasteiger partial charge is 0.351 e. The van der Waals surface area contributed by atoms with Crippen molar-refractivity contribution in [2.45, 2.75) is 24.2 Å². The van der Waals surface area contributed by atoms with E-state index in [0.29, 0.717) is 10.8 Å². The van der Waals surface area contributed by atoms with E-state index in [0.717, 1.165) is 17.4 Å². The van der Waals surface area contributed by atoms with E-state index >= 15 is 0 Å². The molecule has 9 heteroatoms. The monoisotopic (exact) mass is 522 g/mol. The minimum Gasteiger partial charge on any atom is -0.351 e. The minimum absolute atomic E-state index is 0. The summed E-state index contributed by atoms with van der Waals surface area (Å²) in [7, 11) is 3.41. The Bertz CT molecular complexity index is 862. The third-order valence-electron chi connectivity index (χ3n) is 3.91. The first-order valence-electron chi connectivity index (χ1n) is 8.22. The first-order valence-corrected chi connectivity index (χ1v) is 10.5. The molecule has 150 valence electrons. The van der Waals surface area contributed by atoms with Gasteiger partial charge in [0.2, 0.25) is 0 Å². The lowest BCUT2D eigenvalue weighted by molar-refractivity contribution is 0.477. The molecule has 27 heavy (non-hydrogen) atoms. The Morgan fingerprint density at radius 3 is 2.30 bits per heavy atom. The third-order valence-corrected chi connectivity index (χ3v) is 7.27. The zero-order valence-electron chi connectivity index (χ0n) is 16.3. The van der Waals surface area contributed by atoms with Crippen molar-refractivity contribution >= 4 is 51.3 Å². The number of nitrogens with zero attached hydrogens (tertiary/aromatic N) is 3. The van der Waals surface area contributed by atoms with Gasteiger partial charge in [-0.1, -0.05) is 29.8 Å². The van der Waals surface area contributed by atoms with Gasteiger partial charge in [-0.3, -0.25) is 4.99 Å². The molecule has 0 radical (unpaired) electrons. The van der Waals surface area contributed by atoms with E-state index in [1.165, 1.54) is 40.9 Å². The number of aryl methyl sites for hydroxylation is 1. The molecule has 0 saturated carbocycles. The lowest BCUT2D eigenvalue weighted by Gasteiger charge is -2.22. The van der Waals surface area contributed by atoms with Crippen LogP contribution in [-0.2, 0) is 23.1 Å². The van der Waals surface area contributed by atoms with E-state index in [9.17, 15) is 8.42 Å². The van der Waals surface area contributed by atoms with Gasteiger partial charge in [-0.05, 0) is 24.6 Å². The summed E-state index contributed by atoms with van der Waals surface area (Å²) < 4.78 is 25.9. The van der Waals surface area contributed by atoms with Crippen LogP contribution in [-0.4, -0.2) is 51.8 Å². The van der Waals surface area contributed by atoms with E-state index < -0.39 is 10.0 Å². The Hall–Kier alpha value is -1.17. The fourth-order valence-electron chi connectivity index (χ4n) is 2.36. The predicted octanol–water partition coefficient (Wildman–Crippen LogP) is 3.13. The Balaban J connectivity index is 0.00000364. The Morgan fingerprint density at radius 1 is 1.11 bits per heavy atom. The summed E-state index contributed by atoms with van der Waals surface area (Å²) in [6.07, 6.45) is 0.